The van der Waals surface area contributed by atoms with Crippen LogP contribution in [0.15, 0.2) is 18.2 Å². The lowest BCUT2D eigenvalue weighted by Crippen LogP contribution is -2.38. The largest absolute Gasteiger partial charge is 0.455 e. The van der Waals surface area contributed by atoms with Gasteiger partial charge >= 0.3 is 5.97 Å². The van der Waals surface area contributed by atoms with E-state index in [-0.39, 0.29) is 25.0 Å². The molecule has 1 saturated heterocycles. The molecule has 0 aromatic heterocycles. The Kier molecular flexibility index (Phi) is 6.37. The van der Waals surface area contributed by atoms with Gasteiger partial charge in [0.05, 0.1) is 5.92 Å². The van der Waals surface area contributed by atoms with E-state index in [1.807, 2.05) is 4.90 Å². The van der Waals surface area contributed by atoms with Crippen LogP contribution in [-0.2, 0) is 19.1 Å². The summed E-state index contributed by atoms with van der Waals surface area (Å²) in [6.45, 7) is 1.82. The summed E-state index contributed by atoms with van der Waals surface area (Å²) in [5.41, 5.74) is 1.34. The molecule has 1 heterocycles. The standard InChI is InChI=1S/C20H25ClN2O4/c1-13-16(21)8-5-9-17(13)22-18(24)12-27-20(26)14-10-19(25)23(11-14)15-6-3-2-4-7-15/h5,8-9,14-15H,2-4,6-7,10-12H2,1H3,(H,22,24)/t14-/m1/s1. The Bertz CT molecular complexity index is 731. The molecule has 1 atom stereocenters. The number of ether oxygens (including phenoxy) is 1. The molecular weight excluding hydrogens is 368 g/mol. The molecule has 146 valence electrons. The van der Waals surface area contributed by atoms with Crippen molar-refractivity contribution in [2.75, 3.05) is 18.5 Å². The molecular formula is C20H25ClN2O4. The van der Waals surface area contributed by atoms with Gasteiger partial charge in [0.25, 0.3) is 5.91 Å². The van der Waals surface area contributed by atoms with E-state index in [0.717, 1.165) is 31.2 Å². The number of halogens is 1. The number of nitrogens with one attached hydrogen (secondary N) is 1. The van der Waals surface area contributed by atoms with E-state index in [9.17, 15) is 14.4 Å². The second kappa shape index (κ2) is 8.74. The molecule has 3 rings (SSSR count). The van der Waals surface area contributed by atoms with Crippen LogP contribution in [0.5, 0.6) is 0 Å². The second-order valence-corrected chi connectivity index (χ2v) is 7.71. The average molecular weight is 393 g/mol. The summed E-state index contributed by atoms with van der Waals surface area (Å²) >= 11 is 6.03. The SMILES string of the molecule is Cc1c(Cl)cccc1NC(=O)COC(=O)[C@@H]1CC(=O)N(C2CCCCC2)C1. The third-order valence-electron chi connectivity index (χ3n) is 5.39. The lowest BCUT2D eigenvalue weighted by atomic mass is 9.94. The Labute approximate surface area is 164 Å². The van der Waals surface area contributed by atoms with Gasteiger partial charge in [-0.15, -0.1) is 0 Å². The van der Waals surface area contributed by atoms with Crippen molar-refractivity contribution in [3.05, 3.63) is 28.8 Å². The van der Waals surface area contributed by atoms with Gasteiger partial charge in [0.2, 0.25) is 5.91 Å². The number of carbonyl (C=O) groups is 3. The quantitative estimate of drug-likeness (QED) is 0.780. The van der Waals surface area contributed by atoms with Gasteiger partial charge < -0.3 is 15.0 Å². The van der Waals surface area contributed by atoms with Gasteiger partial charge in [-0.05, 0) is 37.5 Å². The highest BCUT2D eigenvalue weighted by Gasteiger charge is 2.39. The molecule has 1 aromatic carbocycles. The molecule has 1 aliphatic heterocycles. The number of esters is 1. The number of benzene rings is 1. The topological polar surface area (TPSA) is 75.7 Å². The van der Waals surface area contributed by atoms with E-state index in [2.05, 4.69) is 5.32 Å². The van der Waals surface area contributed by atoms with Gasteiger partial charge in [-0.1, -0.05) is 36.9 Å². The van der Waals surface area contributed by atoms with Crippen molar-refractivity contribution in [1.82, 2.24) is 4.90 Å². The first-order valence-corrected chi connectivity index (χ1v) is 9.84. The van der Waals surface area contributed by atoms with E-state index in [0.29, 0.717) is 17.3 Å². The van der Waals surface area contributed by atoms with Crippen molar-refractivity contribution >= 4 is 35.1 Å². The fourth-order valence-electron chi connectivity index (χ4n) is 3.82. The van der Waals surface area contributed by atoms with E-state index in [1.165, 1.54) is 6.42 Å². The fraction of sp³-hybridized carbons (Fsp3) is 0.550. The molecule has 0 bridgehead atoms. The first kappa shape index (κ1) is 19.7. The molecule has 2 aliphatic rings. The van der Waals surface area contributed by atoms with Gasteiger partial charge in [0.1, 0.15) is 0 Å². The Hall–Kier alpha value is -2.08. The zero-order chi connectivity index (χ0) is 19.4. The van der Waals surface area contributed by atoms with Crippen LogP contribution < -0.4 is 5.32 Å². The summed E-state index contributed by atoms with van der Waals surface area (Å²) in [5.74, 6) is -1.38. The van der Waals surface area contributed by atoms with Gasteiger partial charge in [0.15, 0.2) is 6.61 Å². The third kappa shape index (κ3) is 4.80. The Balaban J connectivity index is 1.48. The highest BCUT2D eigenvalue weighted by Crippen LogP contribution is 2.29. The third-order valence-corrected chi connectivity index (χ3v) is 5.80. The Morgan fingerprint density at radius 2 is 2.00 bits per heavy atom. The molecule has 1 saturated carbocycles. The first-order valence-electron chi connectivity index (χ1n) is 9.46. The Morgan fingerprint density at radius 1 is 1.26 bits per heavy atom. The minimum absolute atomic E-state index is 0.0165. The minimum Gasteiger partial charge on any atom is -0.455 e. The molecule has 1 N–H and O–H groups in total. The van der Waals surface area contributed by atoms with Crippen LogP contribution in [-0.4, -0.2) is 41.9 Å². The summed E-state index contributed by atoms with van der Waals surface area (Å²) in [6, 6.07) is 5.46. The number of rotatable bonds is 5. The number of likely N-dealkylation sites (tertiary alicyclic amines) is 1. The summed E-state index contributed by atoms with van der Waals surface area (Å²) in [5, 5.41) is 3.24. The summed E-state index contributed by atoms with van der Waals surface area (Å²) in [7, 11) is 0. The van der Waals surface area contributed by atoms with Crippen LogP contribution in [0.25, 0.3) is 0 Å². The van der Waals surface area contributed by atoms with Crippen molar-refractivity contribution in [3.8, 4) is 0 Å². The predicted octanol–water partition coefficient (Wildman–Crippen LogP) is 3.31. The molecule has 1 aromatic rings. The highest BCUT2D eigenvalue weighted by molar-refractivity contribution is 6.31. The van der Waals surface area contributed by atoms with Crippen molar-refractivity contribution in [2.24, 2.45) is 5.92 Å². The van der Waals surface area contributed by atoms with Crippen molar-refractivity contribution < 1.29 is 19.1 Å². The molecule has 0 unspecified atom stereocenters. The van der Waals surface area contributed by atoms with Crippen molar-refractivity contribution in [1.29, 1.82) is 0 Å². The maximum atomic E-state index is 12.3. The van der Waals surface area contributed by atoms with Crippen LogP contribution in [0.4, 0.5) is 5.69 Å². The van der Waals surface area contributed by atoms with E-state index < -0.39 is 17.8 Å². The van der Waals surface area contributed by atoms with Crippen molar-refractivity contribution in [3.63, 3.8) is 0 Å². The lowest BCUT2D eigenvalue weighted by molar-refractivity contribution is -0.151. The highest BCUT2D eigenvalue weighted by atomic mass is 35.5. The van der Waals surface area contributed by atoms with E-state index >= 15 is 0 Å². The molecule has 27 heavy (non-hydrogen) atoms. The predicted molar refractivity (Wildman–Crippen MR) is 102 cm³/mol. The van der Waals surface area contributed by atoms with Crippen molar-refractivity contribution in [2.45, 2.75) is 51.5 Å². The second-order valence-electron chi connectivity index (χ2n) is 7.31. The van der Waals surface area contributed by atoms with Crippen LogP contribution >= 0.6 is 11.6 Å². The molecule has 0 spiro atoms. The van der Waals surface area contributed by atoms with Gasteiger partial charge in [0, 0.05) is 29.7 Å². The number of anilines is 1. The molecule has 2 fully saturated rings. The van der Waals surface area contributed by atoms with Crippen LogP contribution in [0.2, 0.25) is 5.02 Å². The van der Waals surface area contributed by atoms with Crippen LogP contribution in [0, 0.1) is 12.8 Å². The maximum absolute atomic E-state index is 12.3. The van der Waals surface area contributed by atoms with Gasteiger partial charge in [-0.3, -0.25) is 14.4 Å². The minimum atomic E-state index is -0.486. The summed E-state index contributed by atoms with van der Waals surface area (Å²) < 4.78 is 5.15. The normalized spacial score (nSPS) is 20.6. The van der Waals surface area contributed by atoms with Gasteiger partial charge in [-0.25, -0.2) is 0 Å². The molecule has 2 amide bonds. The molecule has 1 aliphatic carbocycles. The number of hydrogen-bond acceptors (Lipinski definition) is 4. The van der Waals surface area contributed by atoms with E-state index in [4.69, 9.17) is 16.3 Å². The molecule has 6 nitrogen and oxygen atoms in total. The van der Waals surface area contributed by atoms with E-state index in [1.54, 1.807) is 25.1 Å². The first-order chi connectivity index (χ1) is 13.0. The molecule has 0 radical (unpaired) electrons. The van der Waals surface area contributed by atoms with Crippen LogP contribution in [0.1, 0.15) is 44.1 Å². The zero-order valence-electron chi connectivity index (χ0n) is 15.5. The average Bonchev–Trinajstić information content (AvgIpc) is 3.06. The van der Waals surface area contributed by atoms with Crippen LogP contribution in [0.3, 0.4) is 0 Å². The maximum Gasteiger partial charge on any atom is 0.311 e. The summed E-state index contributed by atoms with van der Waals surface area (Å²) in [4.78, 5) is 38.5. The number of hydrogen-bond donors (Lipinski definition) is 1. The summed E-state index contributed by atoms with van der Waals surface area (Å²) in [6.07, 6.45) is 5.67. The molecule has 7 heteroatoms. The fourth-order valence-corrected chi connectivity index (χ4v) is 3.99. The van der Waals surface area contributed by atoms with Gasteiger partial charge in [-0.2, -0.15) is 0 Å². The zero-order valence-corrected chi connectivity index (χ0v) is 16.3. The Morgan fingerprint density at radius 3 is 2.74 bits per heavy atom. The smallest absolute Gasteiger partial charge is 0.311 e. The lowest BCUT2D eigenvalue weighted by Gasteiger charge is -2.31. The monoisotopic (exact) mass is 392 g/mol. The number of nitrogens with zero attached hydrogens (tertiary/aromatic N) is 1. The number of amides is 2. The number of carbonyl (C=O) groups excluding carboxylic acids is 3.